The van der Waals surface area contributed by atoms with E-state index in [4.69, 9.17) is 9.47 Å². The molecule has 1 fully saturated rings. The molecule has 0 unspecified atom stereocenters. The molecule has 158 valence electrons. The fraction of sp³-hybridized carbons (Fsp3) is 0.250. The van der Waals surface area contributed by atoms with Crippen LogP contribution in [0.3, 0.4) is 0 Å². The lowest BCUT2D eigenvalue weighted by atomic mass is 10.1. The maximum absolute atomic E-state index is 13.0. The Hall–Kier alpha value is -3.47. The van der Waals surface area contributed by atoms with Crippen LogP contribution in [0.4, 0.5) is 11.4 Å². The minimum atomic E-state index is -0.960. The molecule has 1 N–H and O–H groups in total. The van der Waals surface area contributed by atoms with Gasteiger partial charge in [0.2, 0.25) is 5.91 Å². The zero-order chi connectivity index (χ0) is 21.5. The van der Waals surface area contributed by atoms with Crippen LogP contribution in [0.2, 0.25) is 0 Å². The number of halogens is 1. The van der Waals surface area contributed by atoms with Gasteiger partial charge in [0.05, 0.1) is 5.69 Å². The number of amides is 3. The summed E-state index contributed by atoms with van der Waals surface area (Å²) in [6.45, 7) is 0.685. The normalized spacial score (nSPS) is 21.5. The van der Waals surface area contributed by atoms with Crippen molar-refractivity contribution in [1.82, 2.24) is 5.01 Å². The molecule has 3 aliphatic rings. The van der Waals surface area contributed by atoms with Gasteiger partial charge in [0.15, 0.2) is 23.6 Å². The zero-order valence-electron chi connectivity index (χ0n) is 16.0. The van der Waals surface area contributed by atoms with E-state index in [-0.39, 0.29) is 6.54 Å². The van der Waals surface area contributed by atoms with Gasteiger partial charge >= 0.3 is 0 Å². The van der Waals surface area contributed by atoms with Crippen molar-refractivity contribution in [3.63, 3.8) is 0 Å². The highest BCUT2D eigenvalue weighted by atomic mass is 79.9. The highest BCUT2D eigenvalue weighted by molar-refractivity contribution is 9.10. The number of rotatable bonds is 4. The molecule has 3 aliphatic heterocycles. The molecule has 0 aliphatic carbocycles. The van der Waals surface area contributed by atoms with E-state index >= 15 is 0 Å². The lowest BCUT2D eigenvalue weighted by molar-refractivity contribution is -0.123. The van der Waals surface area contributed by atoms with Crippen LogP contribution in [0.25, 0.3) is 0 Å². The topological polar surface area (TPSA) is 113 Å². The number of nitrogens with zero attached hydrogens (tertiary/aromatic N) is 4. The van der Waals surface area contributed by atoms with Crippen LogP contribution < -0.4 is 19.7 Å². The molecule has 0 saturated carbocycles. The van der Waals surface area contributed by atoms with E-state index in [0.717, 1.165) is 9.37 Å². The monoisotopic (exact) mass is 485 g/mol. The van der Waals surface area contributed by atoms with Gasteiger partial charge in [-0.15, -0.1) is 0 Å². The van der Waals surface area contributed by atoms with Crippen molar-refractivity contribution in [2.75, 3.05) is 30.0 Å². The highest BCUT2D eigenvalue weighted by Crippen LogP contribution is 2.34. The third-order valence-corrected chi connectivity index (χ3v) is 5.60. The summed E-state index contributed by atoms with van der Waals surface area (Å²) in [6, 6.07) is 9.98. The standard InChI is InChI=1S/C20H16BrN5O5/c21-11-1-4-13(5-2-11)26-19(28)17-18(20(26)29)25(24-23-17)10-16(27)22-12-3-6-14-15(9-12)31-8-7-30-14/h1-6,9,17-18H,7-8,10H2,(H,22,27)/t17-,18+/m0/s1. The molecule has 10 nitrogen and oxygen atoms in total. The molecule has 1 saturated heterocycles. The van der Waals surface area contributed by atoms with Crippen molar-refractivity contribution in [3.05, 3.63) is 46.9 Å². The fourth-order valence-corrected chi connectivity index (χ4v) is 3.93. The van der Waals surface area contributed by atoms with Crippen LogP contribution >= 0.6 is 15.9 Å². The molecule has 0 aromatic heterocycles. The van der Waals surface area contributed by atoms with Gasteiger partial charge < -0.3 is 14.8 Å². The van der Waals surface area contributed by atoms with Crippen molar-refractivity contribution < 1.29 is 23.9 Å². The fourth-order valence-electron chi connectivity index (χ4n) is 3.67. The number of nitrogens with one attached hydrogen (secondary N) is 1. The number of carbonyl (C=O) groups excluding carboxylic acids is 3. The summed E-state index contributed by atoms with van der Waals surface area (Å²) in [5, 5.41) is 11.8. The van der Waals surface area contributed by atoms with Crippen molar-refractivity contribution in [1.29, 1.82) is 0 Å². The molecule has 0 radical (unpaired) electrons. The first-order valence-corrected chi connectivity index (χ1v) is 10.3. The second kappa shape index (κ2) is 7.65. The number of imide groups is 1. The Bertz CT molecular complexity index is 1110. The van der Waals surface area contributed by atoms with E-state index < -0.39 is 29.8 Å². The van der Waals surface area contributed by atoms with Gasteiger partial charge in [-0.1, -0.05) is 21.2 Å². The predicted octanol–water partition coefficient (Wildman–Crippen LogP) is 2.15. The van der Waals surface area contributed by atoms with Crippen LogP contribution in [0.1, 0.15) is 0 Å². The lowest BCUT2D eigenvalue weighted by Crippen LogP contribution is -2.43. The second-order valence-electron chi connectivity index (χ2n) is 7.09. The quantitative estimate of drug-likeness (QED) is 0.663. The van der Waals surface area contributed by atoms with E-state index in [1.807, 2.05) is 0 Å². The molecule has 2 atom stereocenters. The second-order valence-corrected chi connectivity index (χ2v) is 8.00. The molecule has 11 heteroatoms. The van der Waals surface area contributed by atoms with Gasteiger partial charge in [0, 0.05) is 16.2 Å². The maximum atomic E-state index is 13.0. The zero-order valence-corrected chi connectivity index (χ0v) is 17.6. The Morgan fingerprint density at radius 1 is 1.06 bits per heavy atom. The van der Waals surface area contributed by atoms with Gasteiger partial charge in [0.25, 0.3) is 11.8 Å². The Morgan fingerprint density at radius 2 is 1.81 bits per heavy atom. The maximum Gasteiger partial charge on any atom is 0.263 e. The molecule has 0 bridgehead atoms. The average Bonchev–Trinajstić information content (AvgIpc) is 3.28. The molecule has 3 amide bonds. The van der Waals surface area contributed by atoms with Gasteiger partial charge in [-0.3, -0.25) is 19.4 Å². The molecule has 3 heterocycles. The predicted molar refractivity (Wildman–Crippen MR) is 112 cm³/mol. The van der Waals surface area contributed by atoms with Crippen molar-refractivity contribution in [2.45, 2.75) is 12.1 Å². The van der Waals surface area contributed by atoms with E-state index in [1.165, 1.54) is 5.01 Å². The molecule has 5 rings (SSSR count). The average molecular weight is 486 g/mol. The molecule has 2 aromatic rings. The first-order chi connectivity index (χ1) is 15.0. The van der Waals surface area contributed by atoms with Crippen LogP contribution in [0, 0.1) is 0 Å². The Kier molecular flexibility index (Phi) is 4.81. The Balaban J connectivity index is 1.28. The molecule has 2 aromatic carbocycles. The number of anilines is 2. The minimum absolute atomic E-state index is 0.230. The van der Waals surface area contributed by atoms with Crippen LogP contribution in [0.5, 0.6) is 11.5 Å². The highest BCUT2D eigenvalue weighted by Gasteiger charge is 2.55. The Labute approximate surface area is 184 Å². The van der Waals surface area contributed by atoms with E-state index in [2.05, 4.69) is 31.6 Å². The van der Waals surface area contributed by atoms with Crippen LogP contribution in [-0.4, -0.2) is 54.6 Å². The van der Waals surface area contributed by atoms with Crippen molar-refractivity contribution in [2.24, 2.45) is 10.3 Å². The number of fused-ring (bicyclic) bond motifs is 2. The van der Waals surface area contributed by atoms with Crippen molar-refractivity contribution in [3.8, 4) is 11.5 Å². The van der Waals surface area contributed by atoms with E-state index in [1.54, 1.807) is 42.5 Å². The number of benzene rings is 2. The summed E-state index contributed by atoms with van der Waals surface area (Å²) in [5.74, 6) is -0.168. The van der Waals surface area contributed by atoms with Crippen LogP contribution in [0.15, 0.2) is 57.3 Å². The van der Waals surface area contributed by atoms with Gasteiger partial charge in [-0.05, 0) is 36.4 Å². The summed E-state index contributed by atoms with van der Waals surface area (Å²) in [4.78, 5) is 39.3. The molecular weight excluding hydrogens is 470 g/mol. The molecule has 31 heavy (non-hydrogen) atoms. The van der Waals surface area contributed by atoms with Gasteiger partial charge in [0.1, 0.15) is 19.8 Å². The van der Waals surface area contributed by atoms with E-state index in [0.29, 0.717) is 36.1 Å². The van der Waals surface area contributed by atoms with E-state index in [9.17, 15) is 14.4 Å². The first-order valence-electron chi connectivity index (χ1n) is 9.51. The summed E-state index contributed by atoms with van der Waals surface area (Å²) in [6.07, 6.45) is 0. The summed E-state index contributed by atoms with van der Waals surface area (Å²) < 4.78 is 11.8. The number of ether oxygens (including phenoxy) is 2. The van der Waals surface area contributed by atoms with Gasteiger partial charge in [-0.25, -0.2) is 4.90 Å². The van der Waals surface area contributed by atoms with Gasteiger partial charge in [-0.2, -0.15) is 5.11 Å². The molecular formula is C20H16BrN5O5. The summed E-state index contributed by atoms with van der Waals surface area (Å²) in [7, 11) is 0. The number of carbonyl (C=O) groups is 3. The number of hydrogen-bond donors (Lipinski definition) is 1. The Morgan fingerprint density at radius 3 is 2.58 bits per heavy atom. The third-order valence-electron chi connectivity index (χ3n) is 5.07. The number of hydrogen-bond acceptors (Lipinski definition) is 8. The van der Waals surface area contributed by atoms with Crippen molar-refractivity contribution >= 4 is 45.0 Å². The lowest BCUT2D eigenvalue weighted by Gasteiger charge is -2.21. The summed E-state index contributed by atoms with van der Waals surface area (Å²) in [5.41, 5.74) is 0.968. The third kappa shape index (κ3) is 3.50. The largest absolute Gasteiger partial charge is 0.486 e. The first kappa shape index (κ1) is 19.5. The van der Waals surface area contributed by atoms with Crippen LogP contribution in [-0.2, 0) is 14.4 Å². The molecule has 0 spiro atoms. The smallest absolute Gasteiger partial charge is 0.263 e. The SMILES string of the molecule is O=C(CN1N=N[C@@H]2C(=O)N(c3ccc(Br)cc3)C(=O)[C@@H]21)Nc1ccc2c(c1)OCCO2. The minimum Gasteiger partial charge on any atom is -0.486 e. The summed E-state index contributed by atoms with van der Waals surface area (Å²) >= 11 is 3.33.